The molecule has 1 saturated heterocycles. The standard InChI is InChI=1S/C13H17BrN4OS/c1-3-5-6-18-12(19)11(15-13(18)20)7-10-9(14)8-17(4-2)16-10/h7-8H,3-6H2,1-2H3,(H,15,20)/b11-7+. The van der Waals surface area contributed by atoms with Gasteiger partial charge in [-0.1, -0.05) is 13.3 Å². The van der Waals surface area contributed by atoms with E-state index in [1.807, 2.05) is 17.8 Å². The highest BCUT2D eigenvalue weighted by molar-refractivity contribution is 9.10. The molecule has 7 heteroatoms. The van der Waals surface area contributed by atoms with E-state index in [9.17, 15) is 4.79 Å². The molecule has 0 saturated carbocycles. The largest absolute Gasteiger partial charge is 0.328 e. The third-order valence-electron chi connectivity index (χ3n) is 3.05. The zero-order chi connectivity index (χ0) is 14.7. The van der Waals surface area contributed by atoms with Crippen LogP contribution in [0.15, 0.2) is 16.4 Å². The molecule has 1 amide bonds. The summed E-state index contributed by atoms with van der Waals surface area (Å²) in [6.45, 7) is 5.53. The molecule has 2 heterocycles. The lowest BCUT2D eigenvalue weighted by Gasteiger charge is -2.12. The van der Waals surface area contributed by atoms with Gasteiger partial charge in [0.1, 0.15) is 11.4 Å². The number of hydrogen-bond donors (Lipinski definition) is 1. The van der Waals surface area contributed by atoms with Gasteiger partial charge in [0.15, 0.2) is 5.11 Å². The third-order valence-corrected chi connectivity index (χ3v) is 3.98. The Morgan fingerprint density at radius 1 is 1.50 bits per heavy atom. The van der Waals surface area contributed by atoms with E-state index >= 15 is 0 Å². The molecule has 20 heavy (non-hydrogen) atoms. The summed E-state index contributed by atoms with van der Waals surface area (Å²) >= 11 is 8.64. The van der Waals surface area contributed by atoms with Gasteiger partial charge in [0.2, 0.25) is 0 Å². The van der Waals surface area contributed by atoms with Crippen LogP contribution in [0.3, 0.4) is 0 Å². The Labute approximate surface area is 132 Å². The molecule has 0 aliphatic carbocycles. The Kier molecular flexibility index (Phi) is 4.93. The molecule has 0 atom stereocenters. The van der Waals surface area contributed by atoms with Gasteiger partial charge >= 0.3 is 0 Å². The van der Waals surface area contributed by atoms with Crippen LogP contribution in [0.5, 0.6) is 0 Å². The summed E-state index contributed by atoms with van der Waals surface area (Å²) < 4.78 is 2.67. The third kappa shape index (κ3) is 3.09. The van der Waals surface area contributed by atoms with Crippen LogP contribution in [-0.2, 0) is 11.3 Å². The normalized spacial score (nSPS) is 17.1. The molecule has 0 spiro atoms. The molecule has 108 valence electrons. The van der Waals surface area contributed by atoms with E-state index in [-0.39, 0.29) is 5.91 Å². The summed E-state index contributed by atoms with van der Waals surface area (Å²) in [5.41, 5.74) is 1.20. The van der Waals surface area contributed by atoms with Gasteiger partial charge in [-0.25, -0.2) is 0 Å². The van der Waals surface area contributed by atoms with E-state index in [4.69, 9.17) is 12.2 Å². The highest BCUT2D eigenvalue weighted by atomic mass is 79.9. The first-order chi connectivity index (χ1) is 9.56. The van der Waals surface area contributed by atoms with Crippen molar-refractivity contribution in [2.45, 2.75) is 33.2 Å². The average Bonchev–Trinajstić information content (AvgIpc) is 2.90. The van der Waals surface area contributed by atoms with Crippen molar-refractivity contribution in [1.82, 2.24) is 20.0 Å². The number of amides is 1. The number of carbonyl (C=O) groups is 1. The second-order valence-corrected chi connectivity index (χ2v) is 5.76. The summed E-state index contributed by atoms with van der Waals surface area (Å²) in [5, 5.41) is 7.82. The van der Waals surface area contributed by atoms with Crippen LogP contribution in [0.2, 0.25) is 0 Å². The number of aromatic nitrogens is 2. The Morgan fingerprint density at radius 2 is 2.25 bits per heavy atom. The van der Waals surface area contributed by atoms with Gasteiger partial charge in [0.05, 0.1) is 4.47 Å². The molecule has 0 bridgehead atoms. The average molecular weight is 357 g/mol. The molecule has 5 nitrogen and oxygen atoms in total. The number of rotatable bonds is 5. The van der Waals surface area contributed by atoms with Crippen molar-refractivity contribution in [3.05, 3.63) is 22.1 Å². The SMILES string of the molecule is CCCCN1C(=O)/C(=C\c2nn(CC)cc2Br)NC1=S. The Balaban J connectivity index is 2.20. The zero-order valence-corrected chi connectivity index (χ0v) is 13.9. The molecule has 1 aliphatic heterocycles. The van der Waals surface area contributed by atoms with Crippen molar-refractivity contribution in [3.63, 3.8) is 0 Å². The van der Waals surface area contributed by atoms with Gasteiger partial charge in [-0.3, -0.25) is 14.4 Å². The van der Waals surface area contributed by atoms with Crippen LogP contribution in [-0.4, -0.2) is 32.2 Å². The lowest BCUT2D eigenvalue weighted by atomic mass is 10.3. The van der Waals surface area contributed by atoms with Crippen LogP contribution < -0.4 is 5.32 Å². The summed E-state index contributed by atoms with van der Waals surface area (Å²) in [7, 11) is 0. The number of nitrogens with zero attached hydrogens (tertiary/aromatic N) is 3. The molecule has 0 aromatic carbocycles. The topological polar surface area (TPSA) is 50.2 Å². The number of unbranched alkanes of at least 4 members (excludes halogenated alkanes) is 1. The molecule has 1 aromatic heterocycles. The first-order valence-electron chi connectivity index (χ1n) is 6.64. The van der Waals surface area contributed by atoms with E-state index in [0.717, 1.165) is 29.6 Å². The fraction of sp³-hybridized carbons (Fsp3) is 0.462. The van der Waals surface area contributed by atoms with Crippen LogP contribution in [0.4, 0.5) is 0 Å². The first-order valence-corrected chi connectivity index (χ1v) is 7.84. The van der Waals surface area contributed by atoms with Gasteiger partial charge in [0.25, 0.3) is 5.91 Å². The molecule has 1 N–H and O–H groups in total. The van der Waals surface area contributed by atoms with Crippen molar-refractivity contribution in [2.24, 2.45) is 0 Å². The first kappa shape index (κ1) is 15.2. The molecular formula is C13H17BrN4OS. The van der Waals surface area contributed by atoms with Crippen molar-refractivity contribution in [2.75, 3.05) is 6.54 Å². The van der Waals surface area contributed by atoms with Gasteiger partial charge in [0, 0.05) is 19.3 Å². The summed E-state index contributed by atoms with van der Waals surface area (Å²) in [6, 6.07) is 0. The van der Waals surface area contributed by atoms with E-state index in [1.54, 1.807) is 11.0 Å². The monoisotopic (exact) mass is 356 g/mol. The van der Waals surface area contributed by atoms with Crippen LogP contribution >= 0.6 is 28.1 Å². The number of nitrogens with one attached hydrogen (secondary N) is 1. The minimum atomic E-state index is -0.0820. The quantitative estimate of drug-likeness (QED) is 0.650. The molecule has 1 aliphatic rings. The summed E-state index contributed by atoms with van der Waals surface area (Å²) in [5.74, 6) is -0.0820. The highest BCUT2D eigenvalue weighted by Gasteiger charge is 2.30. The lowest BCUT2D eigenvalue weighted by Crippen LogP contribution is -2.31. The Bertz CT molecular complexity index is 567. The van der Waals surface area contributed by atoms with Crippen molar-refractivity contribution < 1.29 is 4.79 Å². The van der Waals surface area contributed by atoms with E-state index in [0.29, 0.717) is 17.4 Å². The number of halogens is 1. The smallest absolute Gasteiger partial charge is 0.276 e. The van der Waals surface area contributed by atoms with Crippen molar-refractivity contribution >= 4 is 45.2 Å². The molecule has 0 unspecified atom stereocenters. The summed E-state index contributed by atoms with van der Waals surface area (Å²) in [6.07, 6.45) is 5.59. The predicted octanol–water partition coefficient (Wildman–Crippen LogP) is 2.52. The highest BCUT2D eigenvalue weighted by Crippen LogP contribution is 2.20. The molecule has 2 rings (SSSR count). The second kappa shape index (κ2) is 6.49. The Morgan fingerprint density at radius 3 is 2.85 bits per heavy atom. The number of carbonyl (C=O) groups excluding carboxylic acids is 1. The minimum Gasteiger partial charge on any atom is -0.328 e. The second-order valence-electron chi connectivity index (χ2n) is 4.52. The number of hydrogen-bond acceptors (Lipinski definition) is 3. The Hall–Kier alpha value is -1.21. The lowest BCUT2D eigenvalue weighted by molar-refractivity contribution is -0.122. The fourth-order valence-corrected chi connectivity index (χ4v) is 2.61. The van der Waals surface area contributed by atoms with Crippen molar-refractivity contribution in [3.8, 4) is 0 Å². The van der Waals surface area contributed by atoms with E-state index < -0.39 is 0 Å². The molecule has 0 radical (unpaired) electrons. The van der Waals surface area contributed by atoms with Crippen LogP contribution in [0.25, 0.3) is 6.08 Å². The fourth-order valence-electron chi connectivity index (χ4n) is 1.90. The molecular weight excluding hydrogens is 340 g/mol. The maximum absolute atomic E-state index is 12.3. The van der Waals surface area contributed by atoms with Crippen LogP contribution in [0, 0.1) is 0 Å². The minimum absolute atomic E-state index is 0.0820. The predicted molar refractivity (Wildman–Crippen MR) is 85.9 cm³/mol. The molecule has 1 fully saturated rings. The molecule has 1 aromatic rings. The van der Waals surface area contributed by atoms with E-state index in [2.05, 4.69) is 33.3 Å². The van der Waals surface area contributed by atoms with Crippen molar-refractivity contribution in [1.29, 1.82) is 0 Å². The van der Waals surface area contributed by atoms with Gasteiger partial charge in [-0.05, 0) is 47.6 Å². The van der Waals surface area contributed by atoms with Crippen LogP contribution in [0.1, 0.15) is 32.4 Å². The zero-order valence-electron chi connectivity index (χ0n) is 11.5. The maximum atomic E-state index is 12.3. The van der Waals surface area contributed by atoms with E-state index in [1.165, 1.54) is 0 Å². The maximum Gasteiger partial charge on any atom is 0.276 e. The van der Waals surface area contributed by atoms with Gasteiger partial charge < -0.3 is 5.32 Å². The van der Waals surface area contributed by atoms with Gasteiger partial charge in [-0.2, -0.15) is 5.10 Å². The number of thiocarbonyl (C=S) groups is 1. The van der Waals surface area contributed by atoms with Gasteiger partial charge in [-0.15, -0.1) is 0 Å². The number of aryl methyl sites for hydroxylation is 1. The summed E-state index contributed by atoms with van der Waals surface area (Å²) in [4.78, 5) is 13.9.